The van der Waals surface area contributed by atoms with Crippen LogP contribution in [0.3, 0.4) is 0 Å². The molecule has 9 nitrogen and oxygen atoms in total. The van der Waals surface area contributed by atoms with Crippen LogP contribution in [0.15, 0.2) is 65.6 Å². The highest BCUT2D eigenvalue weighted by molar-refractivity contribution is 7.89. The van der Waals surface area contributed by atoms with Crippen LogP contribution < -0.4 is 18.9 Å². The Balaban J connectivity index is 1.44. The standard InChI is InChI=1S/C30H34N2O7S/c1-36-23-8-10-24(11-9-23)39-20-27-26-19-29(38-3)28(37-2)18-22(26)14-17-32(27)30(33)21-6-12-25(13-7-21)40(34,35)31-15-4-5-16-31/h6-13,18-19,27H,4-5,14-17,20H2,1-3H3. The van der Waals surface area contributed by atoms with Crippen LogP contribution in [0.1, 0.15) is 40.4 Å². The molecule has 0 aromatic heterocycles. The minimum absolute atomic E-state index is 0.200. The Morgan fingerprint density at radius 1 is 0.825 bits per heavy atom. The predicted octanol–water partition coefficient (Wildman–Crippen LogP) is 4.32. The molecule has 3 aromatic carbocycles. The third kappa shape index (κ3) is 5.46. The molecular formula is C30H34N2O7S. The third-order valence-electron chi connectivity index (χ3n) is 7.53. The number of nitrogens with zero attached hydrogens (tertiary/aromatic N) is 2. The molecule has 0 bridgehead atoms. The monoisotopic (exact) mass is 566 g/mol. The number of ether oxygens (including phenoxy) is 4. The largest absolute Gasteiger partial charge is 0.497 e. The summed E-state index contributed by atoms with van der Waals surface area (Å²) < 4.78 is 49.9. The first-order chi connectivity index (χ1) is 19.3. The lowest BCUT2D eigenvalue weighted by Gasteiger charge is -2.37. The zero-order chi connectivity index (χ0) is 28.3. The van der Waals surface area contributed by atoms with E-state index in [4.69, 9.17) is 18.9 Å². The summed E-state index contributed by atoms with van der Waals surface area (Å²) in [6.07, 6.45) is 2.35. The third-order valence-corrected chi connectivity index (χ3v) is 9.45. The second-order valence-corrected chi connectivity index (χ2v) is 11.7. The van der Waals surface area contributed by atoms with Crippen molar-refractivity contribution < 1.29 is 32.2 Å². The number of benzene rings is 3. The minimum Gasteiger partial charge on any atom is -0.497 e. The molecule has 3 aromatic rings. The van der Waals surface area contributed by atoms with Gasteiger partial charge in [0.1, 0.15) is 18.1 Å². The van der Waals surface area contributed by atoms with Crippen LogP contribution in [-0.4, -0.2) is 71.1 Å². The van der Waals surface area contributed by atoms with E-state index in [0.29, 0.717) is 48.9 Å². The maximum Gasteiger partial charge on any atom is 0.254 e. The van der Waals surface area contributed by atoms with E-state index in [1.807, 2.05) is 36.4 Å². The van der Waals surface area contributed by atoms with E-state index >= 15 is 0 Å². The second-order valence-electron chi connectivity index (χ2n) is 9.79. The Morgan fingerprint density at radius 2 is 1.45 bits per heavy atom. The van der Waals surface area contributed by atoms with Gasteiger partial charge in [-0.25, -0.2) is 8.42 Å². The summed E-state index contributed by atoms with van der Waals surface area (Å²) in [7, 11) is 1.22. The normalized spacial score (nSPS) is 17.3. The highest BCUT2D eigenvalue weighted by atomic mass is 32.2. The molecule has 1 amide bonds. The summed E-state index contributed by atoms with van der Waals surface area (Å²) in [6, 6.07) is 17.0. The van der Waals surface area contributed by atoms with Crippen LogP contribution in [-0.2, 0) is 16.4 Å². The Bertz CT molecular complexity index is 1450. The lowest BCUT2D eigenvalue weighted by atomic mass is 9.91. The average Bonchev–Trinajstić information content (AvgIpc) is 3.55. The number of methoxy groups -OCH3 is 3. The van der Waals surface area contributed by atoms with Crippen molar-refractivity contribution in [3.8, 4) is 23.0 Å². The number of carbonyl (C=O) groups excluding carboxylic acids is 1. The van der Waals surface area contributed by atoms with Crippen molar-refractivity contribution in [3.63, 3.8) is 0 Å². The first-order valence-electron chi connectivity index (χ1n) is 13.3. The van der Waals surface area contributed by atoms with E-state index in [9.17, 15) is 13.2 Å². The molecule has 10 heteroatoms. The number of carbonyl (C=O) groups is 1. The van der Waals surface area contributed by atoms with E-state index in [0.717, 1.165) is 29.7 Å². The minimum atomic E-state index is -3.56. The molecule has 1 fully saturated rings. The molecule has 1 unspecified atom stereocenters. The molecule has 0 spiro atoms. The van der Waals surface area contributed by atoms with Gasteiger partial charge in [-0.1, -0.05) is 0 Å². The summed E-state index contributed by atoms with van der Waals surface area (Å²) in [5, 5.41) is 0. The van der Waals surface area contributed by atoms with E-state index < -0.39 is 16.1 Å². The quantitative estimate of drug-likeness (QED) is 0.381. The van der Waals surface area contributed by atoms with Gasteiger partial charge in [-0.15, -0.1) is 0 Å². The van der Waals surface area contributed by atoms with Crippen molar-refractivity contribution in [2.75, 3.05) is 47.6 Å². The predicted molar refractivity (Wildman–Crippen MR) is 150 cm³/mol. The van der Waals surface area contributed by atoms with Gasteiger partial charge in [0.2, 0.25) is 10.0 Å². The van der Waals surface area contributed by atoms with Gasteiger partial charge in [0.15, 0.2) is 11.5 Å². The van der Waals surface area contributed by atoms with Gasteiger partial charge in [0, 0.05) is 25.2 Å². The molecule has 2 aliphatic heterocycles. The van der Waals surface area contributed by atoms with Crippen LogP contribution >= 0.6 is 0 Å². The van der Waals surface area contributed by atoms with Crippen molar-refractivity contribution in [2.24, 2.45) is 0 Å². The number of amides is 1. The first-order valence-corrected chi connectivity index (χ1v) is 14.7. The van der Waals surface area contributed by atoms with Crippen LogP contribution in [0.2, 0.25) is 0 Å². The fourth-order valence-electron chi connectivity index (χ4n) is 5.31. The van der Waals surface area contributed by atoms with Crippen molar-refractivity contribution in [1.29, 1.82) is 0 Å². The molecule has 2 aliphatic rings. The number of hydrogen-bond acceptors (Lipinski definition) is 7. The number of hydrogen-bond donors (Lipinski definition) is 0. The highest BCUT2D eigenvalue weighted by Crippen LogP contribution is 2.39. The fourth-order valence-corrected chi connectivity index (χ4v) is 6.83. The van der Waals surface area contributed by atoms with Crippen LogP contribution in [0, 0.1) is 0 Å². The van der Waals surface area contributed by atoms with E-state index in [-0.39, 0.29) is 17.4 Å². The smallest absolute Gasteiger partial charge is 0.254 e. The lowest BCUT2D eigenvalue weighted by Crippen LogP contribution is -2.42. The van der Waals surface area contributed by atoms with Gasteiger partial charge < -0.3 is 23.8 Å². The first kappa shape index (κ1) is 27.8. The number of rotatable bonds is 9. The lowest BCUT2D eigenvalue weighted by molar-refractivity contribution is 0.0589. The molecule has 212 valence electrons. The molecule has 5 rings (SSSR count). The van der Waals surface area contributed by atoms with E-state index in [1.165, 1.54) is 16.4 Å². The fraction of sp³-hybridized carbons (Fsp3) is 0.367. The molecule has 40 heavy (non-hydrogen) atoms. The van der Waals surface area contributed by atoms with Crippen LogP contribution in [0.4, 0.5) is 0 Å². The number of fused-ring (bicyclic) bond motifs is 1. The zero-order valence-electron chi connectivity index (χ0n) is 23.0. The maximum absolute atomic E-state index is 13.8. The molecule has 0 N–H and O–H groups in total. The van der Waals surface area contributed by atoms with E-state index in [1.54, 1.807) is 38.4 Å². The summed E-state index contributed by atoms with van der Waals surface area (Å²) in [5.41, 5.74) is 2.38. The van der Waals surface area contributed by atoms with Gasteiger partial charge in [0.25, 0.3) is 5.91 Å². The SMILES string of the molecule is COc1ccc(OCC2c3cc(OC)c(OC)cc3CCN2C(=O)c2ccc(S(=O)(=O)N3CCCC3)cc2)cc1. The molecule has 0 saturated carbocycles. The van der Waals surface area contributed by atoms with Gasteiger partial charge in [-0.2, -0.15) is 4.31 Å². The van der Waals surface area contributed by atoms with Crippen molar-refractivity contribution in [1.82, 2.24) is 9.21 Å². The van der Waals surface area contributed by atoms with E-state index in [2.05, 4.69) is 0 Å². The molecule has 0 radical (unpaired) electrons. The van der Waals surface area contributed by atoms with Gasteiger partial charge in [-0.3, -0.25) is 4.79 Å². The zero-order valence-corrected chi connectivity index (χ0v) is 23.8. The summed E-state index contributed by atoms with van der Waals surface area (Å²) in [6.45, 7) is 1.73. The Morgan fingerprint density at radius 3 is 2.08 bits per heavy atom. The highest BCUT2D eigenvalue weighted by Gasteiger charge is 2.34. The summed E-state index contributed by atoms with van der Waals surface area (Å²) in [5.74, 6) is 2.37. The maximum atomic E-state index is 13.8. The Kier molecular flexibility index (Phi) is 8.18. The Labute approximate surface area is 235 Å². The summed E-state index contributed by atoms with van der Waals surface area (Å²) >= 11 is 0. The topological polar surface area (TPSA) is 94.6 Å². The van der Waals surface area contributed by atoms with Crippen molar-refractivity contribution >= 4 is 15.9 Å². The molecule has 0 aliphatic carbocycles. The Hall–Kier alpha value is -3.76. The van der Waals surface area contributed by atoms with Crippen molar-refractivity contribution in [3.05, 3.63) is 77.4 Å². The second kappa shape index (κ2) is 11.8. The van der Waals surface area contributed by atoms with Crippen LogP contribution in [0.25, 0.3) is 0 Å². The van der Waals surface area contributed by atoms with Gasteiger partial charge >= 0.3 is 0 Å². The van der Waals surface area contributed by atoms with Crippen LogP contribution in [0.5, 0.6) is 23.0 Å². The van der Waals surface area contributed by atoms with Gasteiger partial charge in [-0.05, 0) is 91.1 Å². The molecule has 1 saturated heterocycles. The molecule has 1 atom stereocenters. The summed E-state index contributed by atoms with van der Waals surface area (Å²) in [4.78, 5) is 15.8. The van der Waals surface area contributed by atoms with Crippen molar-refractivity contribution in [2.45, 2.75) is 30.2 Å². The van der Waals surface area contributed by atoms with Gasteiger partial charge in [0.05, 0.1) is 32.3 Å². The number of sulfonamides is 1. The molecule has 2 heterocycles. The average molecular weight is 567 g/mol. The molecular weight excluding hydrogens is 532 g/mol.